The van der Waals surface area contributed by atoms with E-state index in [1.54, 1.807) is 0 Å². The molecule has 5 heteroatoms. The van der Waals surface area contributed by atoms with Gasteiger partial charge in [0, 0.05) is 13.1 Å². The zero-order valence-corrected chi connectivity index (χ0v) is 9.83. The summed E-state index contributed by atoms with van der Waals surface area (Å²) in [5.41, 5.74) is 5.06. The van der Waals surface area contributed by atoms with Gasteiger partial charge in [0.1, 0.15) is 4.32 Å². The average molecular weight is 232 g/mol. The fourth-order valence-corrected chi connectivity index (χ4v) is 2.47. The Bertz CT molecular complexity index is 213. The summed E-state index contributed by atoms with van der Waals surface area (Å²) in [6.45, 7) is 2.06. The number of carbonyl (C=O) groups is 1. The van der Waals surface area contributed by atoms with Crippen LogP contribution in [-0.2, 0) is 4.79 Å². The van der Waals surface area contributed by atoms with E-state index in [1.807, 2.05) is 0 Å². The van der Waals surface area contributed by atoms with E-state index in [4.69, 9.17) is 18.0 Å². The molecule has 1 saturated heterocycles. The first-order valence-electron chi connectivity index (χ1n) is 4.90. The Balaban J connectivity index is 2.30. The largest absolute Gasteiger partial charge is 0.369 e. The second-order valence-corrected chi connectivity index (χ2v) is 5.03. The number of amides is 1. The lowest BCUT2D eigenvalue weighted by molar-refractivity contribution is -0.115. The van der Waals surface area contributed by atoms with Crippen LogP contribution in [0.15, 0.2) is 0 Å². The molecule has 0 aromatic carbocycles. The number of carbonyl (C=O) groups excluding carboxylic acids is 1. The third kappa shape index (κ3) is 4.28. The molecule has 80 valence electrons. The quantitative estimate of drug-likeness (QED) is 0.730. The maximum Gasteiger partial charge on any atom is 0.227 e. The molecule has 1 fully saturated rings. The van der Waals surface area contributed by atoms with Crippen molar-refractivity contribution in [1.82, 2.24) is 4.90 Å². The van der Waals surface area contributed by atoms with Gasteiger partial charge >= 0.3 is 0 Å². The summed E-state index contributed by atoms with van der Waals surface area (Å²) in [5.74, 6) is 0.00201. The summed E-state index contributed by atoms with van der Waals surface area (Å²) in [6.07, 6.45) is 4.99. The molecule has 0 aliphatic carbocycles. The number of hydrogen-bond donors (Lipinski definition) is 1. The highest BCUT2D eigenvalue weighted by molar-refractivity contribution is 8.23. The highest BCUT2D eigenvalue weighted by Crippen LogP contribution is 2.15. The van der Waals surface area contributed by atoms with E-state index >= 15 is 0 Å². The first-order chi connectivity index (χ1) is 6.70. The van der Waals surface area contributed by atoms with Gasteiger partial charge in [0.15, 0.2) is 0 Å². The molecule has 1 heterocycles. The van der Waals surface area contributed by atoms with Gasteiger partial charge in [-0.25, -0.2) is 0 Å². The Morgan fingerprint density at radius 3 is 2.36 bits per heavy atom. The number of hydrogen-bond acceptors (Lipinski definition) is 3. The fraction of sp³-hybridized carbons (Fsp3) is 0.778. The summed E-state index contributed by atoms with van der Waals surface area (Å²) in [6, 6.07) is 0. The maximum atomic E-state index is 10.6. The molecule has 1 rings (SSSR count). The average Bonchev–Trinajstić information content (AvgIpc) is 2.42. The molecule has 2 N–H and O–H groups in total. The second-order valence-electron chi connectivity index (χ2n) is 3.42. The molecule has 3 nitrogen and oxygen atoms in total. The zero-order valence-electron chi connectivity index (χ0n) is 8.20. The second kappa shape index (κ2) is 6.24. The molecule has 0 saturated carbocycles. The highest BCUT2D eigenvalue weighted by atomic mass is 32.2. The molecule has 1 aliphatic rings. The molecule has 0 unspecified atom stereocenters. The molecule has 1 aliphatic heterocycles. The Labute approximate surface area is 94.4 Å². The predicted molar refractivity (Wildman–Crippen MR) is 64.3 cm³/mol. The van der Waals surface area contributed by atoms with Crippen LogP contribution in [0.1, 0.15) is 25.7 Å². The van der Waals surface area contributed by atoms with Crippen molar-refractivity contribution in [3.05, 3.63) is 0 Å². The van der Waals surface area contributed by atoms with Gasteiger partial charge in [-0.2, -0.15) is 0 Å². The summed E-state index contributed by atoms with van der Waals surface area (Å²) >= 11 is 6.62. The number of thioether (sulfide) groups is 1. The van der Waals surface area contributed by atoms with E-state index in [0.29, 0.717) is 5.75 Å². The maximum absolute atomic E-state index is 10.6. The molecule has 0 atom stereocenters. The van der Waals surface area contributed by atoms with E-state index in [1.165, 1.54) is 37.4 Å². The van der Waals surface area contributed by atoms with Crippen molar-refractivity contribution in [3.8, 4) is 0 Å². The first kappa shape index (κ1) is 11.8. The predicted octanol–water partition coefficient (Wildman–Crippen LogP) is 1.37. The van der Waals surface area contributed by atoms with Gasteiger partial charge in [-0.1, -0.05) is 36.8 Å². The van der Waals surface area contributed by atoms with Crippen LogP contribution in [0.4, 0.5) is 0 Å². The van der Waals surface area contributed by atoms with Gasteiger partial charge in [0.25, 0.3) is 0 Å². The normalized spacial score (nSPS) is 17.6. The van der Waals surface area contributed by atoms with Crippen molar-refractivity contribution >= 4 is 34.2 Å². The standard InChI is InChI=1S/C9H16N2OS2/c10-8(12)7-14-9(13)11-5-3-1-2-4-6-11/h1-7H2,(H2,10,12). The SMILES string of the molecule is NC(=O)CSC(=S)N1CCCCCC1. The summed E-state index contributed by atoms with van der Waals surface area (Å²) < 4.78 is 0.825. The van der Waals surface area contributed by atoms with Gasteiger partial charge in [-0.3, -0.25) is 4.79 Å². The topological polar surface area (TPSA) is 46.3 Å². The van der Waals surface area contributed by atoms with Crippen molar-refractivity contribution in [2.45, 2.75) is 25.7 Å². The van der Waals surface area contributed by atoms with Crippen LogP contribution >= 0.6 is 24.0 Å². The summed E-state index contributed by atoms with van der Waals surface area (Å²) in [4.78, 5) is 12.8. The number of likely N-dealkylation sites (tertiary alicyclic amines) is 1. The van der Waals surface area contributed by atoms with Crippen molar-refractivity contribution in [2.24, 2.45) is 5.73 Å². The van der Waals surface area contributed by atoms with Crippen LogP contribution in [-0.4, -0.2) is 34.0 Å². The van der Waals surface area contributed by atoms with Crippen molar-refractivity contribution < 1.29 is 4.79 Å². The molecule has 0 spiro atoms. The van der Waals surface area contributed by atoms with Crippen molar-refractivity contribution in [1.29, 1.82) is 0 Å². The van der Waals surface area contributed by atoms with Gasteiger partial charge < -0.3 is 10.6 Å². The van der Waals surface area contributed by atoms with E-state index in [0.717, 1.165) is 17.4 Å². The monoisotopic (exact) mass is 232 g/mol. The smallest absolute Gasteiger partial charge is 0.227 e. The van der Waals surface area contributed by atoms with E-state index < -0.39 is 0 Å². The number of rotatable bonds is 2. The minimum atomic E-state index is -0.299. The lowest BCUT2D eigenvalue weighted by Crippen LogP contribution is -2.29. The Morgan fingerprint density at radius 2 is 1.86 bits per heavy atom. The van der Waals surface area contributed by atoms with Gasteiger partial charge in [-0.05, 0) is 12.8 Å². The van der Waals surface area contributed by atoms with Crippen LogP contribution < -0.4 is 5.73 Å². The summed E-state index contributed by atoms with van der Waals surface area (Å²) in [7, 11) is 0. The Hall–Kier alpha value is -0.290. The molecule has 0 bridgehead atoms. The number of nitrogens with zero attached hydrogens (tertiary/aromatic N) is 1. The molecule has 0 radical (unpaired) electrons. The molecular weight excluding hydrogens is 216 g/mol. The van der Waals surface area contributed by atoms with Gasteiger partial charge in [0.2, 0.25) is 5.91 Å². The van der Waals surface area contributed by atoms with Crippen molar-refractivity contribution in [3.63, 3.8) is 0 Å². The lowest BCUT2D eigenvalue weighted by atomic mass is 10.2. The lowest BCUT2D eigenvalue weighted by Gasteiger charge is -2.21. The molecular formula is C9H16N2OS2. The van der Waals surface area contributed by atoms with E-state index in [9.17, 15) is 4.79 Å². The zero-order chi connectivity index (χ0) is 10.4. The first-order valence-corrected chi connectivity index (χ1v) is 6.29. The fourth-order valence-electron chi connectivity index (χ4n) is 1.48. The van der Waals surface area contributed by atoms with Crippen LogP contribution in [0.3, 0.4) is 0 Å². The third-order valence-electron chi connectivity index (χ3n) is 2.20. The van der Waals surface area contributed by atoms with Gasteiger partial charge in [0.05, 0.1) is 5.75 Å². The van der Waals surface area contributed by atoms with Crippen molar-refractivity contribution in [2.75, 3.05) is 18.8 Å². The van der Waals surface area contributed by atoms with Crippen LogP contribution in [0.5, 0.6) is 0 Å². The minimum absolute atomic E-state index is 0.299. The number of primary amides is 1. The van der Waals surface area contributed by atoms with E-state index in [-0.39, 0.29) is 5.91 Å². The van der Waals surface area contributed by atoms with E-state index in [2.05, 4.69) is 4.90 Å². The van der Waals surface area contributed by atoms with Crippen LogP contribution in [0, 0.1) is 0 Å². The third-order valence-corrected chi connectivity index (χ3v) is 3.75. The van der Waals surface area contributed by atoms with Crippen LogP contribution in [0.25, 0.3) is 0 Å². The minimum Gasteiger partial charge on any atom is -0.369 e. The molecule has 0 aromatic heterocycles. The Kier molecular flexibility index (Phi) is 5.25. The summed E-state index contributed by atoms with van der Waals surface area (Å²) in [5, 5.41) is 0. The number of thiocarbonyl (C=S) groups is 1. The highest BCUT2D eigenvalue weighted by Gasteiger charge is 2.12. The van der Waals surface area contributed by atoms with Crippen LogP contribution in [0.2, 0.25) is 0 Å². The Morgan fingerprint density at radius 1 is 1.29 bits per heavy atom. The number of nitrogens with two attached hydrogens (primary N) is 1. The molecule has 0 aromatic rings. The molecule has 1 amide bonds. The molecule has 14 heavy (non-hydrogen) atoms. The van der Waals surface area contributed by atoms with Gasteiger partial charge in [-0.15, -0.1) is 0 Å².